The monoisotopic (exact) mass is 410 g/mol. The molecule has 29 heavy (non-hydrogen) atoms. The van der Waals surface area contributed by atoms with Crippen LogP contribution >= 0.6 is 11.3 Å². The van der Waals surface area contributed by atoms with E-state index in [1.165, 1.54) is 11.3 Å². The van der Waals surface area contributed by atoms with E-state index >= 15 is 0 Å². The number of hydrazone groups is 1. The van der Waals surface area contributed by atoms with Gasteiger partial charge in [-0.05, 0) is 62.9 Å². The van der Waals surface area contributed by atoms with Gasteiger partial charge in [0.25, 0.3) is 5.91 Å². The fourth-order valence-electron chi connectivity index (χ4n) is 3.13. The maximum absolute atomic E-state index is 13.0. The lowest BCUT2D eigenvalue weighted by atomic mass is 10.1. The summed E-state index contributed by atoms with van der Waals surface area (Å²) in [7, 11) is 1.58. The molecular formula is C22H26N4O2S. The standard InChI is InChI=1S/C22H26N4O2S/c1-7-14(4)25-26-22-23-17-11-13(3)18(15(5)20(17)29-22)24-21(27)16-10-8-9-12(2)19(16)28-6/h8-11H,7H2,1-6H3,(H,23,26)(H,24,27)/b25-14+. The van der Waals surface area contributed by atoms with Crippen molar-refractivity contribution in [3.63, 3.8) is 0 Å². The summed E-state index contributed by atoms with van der Waals surface area (Å²) in [5.74, 6) is 0.400. The van der Waals surface area contributed by atoms with Gasteiger partial charge in [-0.25, -0.2) is 4.98 Å². The zero-order valence-electron chi connectivity index (χ0n) is 17.6. The van der Waals surface area contributed by atoms with Crippen LogP contribution in [-0.2, 0) is 0 Å². The predicted molar refractivity (Wildman–Crippen MR) is 122 cm³/mol. The Hall–Kier alpha value is -2.93. The fraction of sp³-hybridized carbons (Fsp3) is 0.318. The number of carbonyl (C=O) groups is 1. The topological polar surface area (TPSA) is 75.6 Å². The smallest absolute Gasteiger partial charge is 0.259 e. The quantitative estimate of drug-likeness (QED) is 0.405. The number of thiazole rings is 1. The van der Waals surface area contributed by atoms with Crippen LogP contribution in [0.2, 0.25) is 0 Å². The molecule has 0 atom stereocenters. The van der Waals surface area contributed by atoms with Crippen LogP contribution in [0, 0.1) is 20.8 Å². The third kappa shape index (κ3) is 4.24. The van der Waals surface area contributed by atoms with E-state index in [9.17, 15) is 4.79 Å². The molecule has 0 aliphatic heterocycles. The largest absolute Gasteiger partial charge is 0.496 e. The van der Waals surface area contributed by atoms with Crippen LogP contribution in [0.5, 0.6) is 5.75 Å². The Morgan fingerprint density at radius 2 is 2.00 bits per heavy atom. The van der Waals surface area contributed by atoms with E-state index in [2.05, 4.69) is 27.8 Å². The van der Waals surface area contributed by atoms with E-state index in [4.69, 9.17) is 4.74 Å². The SMILES string of the molecule is CC/C(C)=N/Nc1nc2cc(C)c(NC(=O)c3cccc(C)c3OC)c(C)c2s1. The van der Waals surface area contributed by atoms with Crippen LogP contribution in [0.3, 0.4) is 0 Å². The lowest BCUT2D eigenvalue weighted by molar-refractivity contribution is 0.102. The van der Waals surface area contributed by atoms with Crippen molar-refractivity contribution >= 4 is 44.0 Å². The first-order valence-corrected chi connectivity index (χ1v) is 10.3. The van der Waals surface area contributed by atoms with E-state index in [0.717, 1.165) is 49.9 Å². The minimum Gasteiger partial charge on any atom is -0.496 e. The number of amides is 1. The Bertz CT molecular complexity index is 1100. The molecule has 6 nitrogen and oxygen atoms in total. The van der Waals surface area contributed by atoms with Crippen LogP contribution in [0.1, 0.15) is 47.3 Å². The van der Waals surface area contributed by atoms with Crippen molar-refractivity contribution in [1.82, 2.24) is 4.98 Å². The van der Waals surface area contributed by atoms with E-state index in [1.807, 2.05) is 45.9 Å². The van der Waals surface area contributed by atoms with Crippen molar-refractivity contribution in [2.45, 2.75) is 41.0 Å². The number of methoxy groups -OCH3 is 1. The van der Waals surface area contributed by atoms with Gasteiger partial charge in [0.2, 0.25) is 5.13 Å². The predicted octanol–water partition coefficient (Wildman–Crippen LogP) is 5.68. The van der Waals surface area contributed by atoms with Crippen molar-refractivity contribution < 1.29 is 9.53 Å². The molecule has 0 radical (unpaired) electrons. The molecule has 2 aromatic carbocycles. The first-order chi connectivity index (χ1) is 13.8. The molecule has 1 amide bonds. The molecule has 0 unspecified atom stereocenters. The van der Waals surface area contributed by atoms with Crippen LogP contribution in [0.4, 0.5) is 10.8 Å². The van der Waals surface area contributed by atoms with Crippen molar-refractivity contribution in [2.24, 2.45) is 5.10 Å². The molecule has 0 aliphatic carbocycles. The van der Waals surface area contributed by atoms with Crippen LogP contribution < -0.4 is 15.5 Å². The minimum absolute atomic E-state index is 0.192. The molecule has 3 rings (SSSR count). The van der Waals surface area contributed by atoms with Crippen LogP contribution in [-0.4, -0.2) is 23.7 Å². The highest BCUT2D eigenvalue weighted by molar-refractivity contribution is 7.22. The Morgan fingerprint density at radius 3 is 2.69 bits per heavy atom. The molecule has 3 aromatic rings. The number of nitrogens with zero attached hydrogens (tertiary/aromatic N) is 2. The zero-order valence-corrected chi connectivity index (χ0v) is 18.5. The molecule has 0 saturated carbocycles. The van der Waals surface area contributed by atoms with Gasteiger partial charge in [0.1, 0.15) is 5.75 Å². The molecule has 1 heterocycles. The van der Waals surface area contributed by atoms with Gasteiger partial charge >= 0.3 is 0 Å². The van der Waals surface area contributed by atoms with Gasteiger partial charge in [-0.2, -0.15) is 5.10 Å². The van der Waals surface area contributed by atoms with E-state index < -0.39 is 0 Å². The van der Waals surface area contributed by atoms with Crippen LogP contribution in [0.25, 0.3) is 10.2 Å². The van der Waals surface area contributed by atoms with Crippen molar-refractivity contribution in [1.29, 1.82) is 0 Å². The minimum atomic E-state index is -0.192. The summed E-state index contributed by atoms with van der Waals surface area (Å²) < 4.78 is 6.46. The Labute approximate surface area is 175 Å². The number of rotatable bonds is 6. The van der Waals surface area contributed by atoms with Gasteiger partial charge in [0.05, 0.1) is 22.9 Å². The second-order valence-corrected chi connectivity index (χ2v) is 7.98. The fourth-order valence-corrected chi connectivity index (χ4v) is 4.02. The normalized spacial score (nSPS) is 11.6. The Morgan fingerprint density at radius 1 is 1.24 bits per heavy atom. The van der Waals surface area contributed by atoms with Gasteiger partial charge in [-0.1, -0.05) is 30.4 Å². The first kappa shape index (κ1) is 20.8. The summed E-state index contributed by atoms with van der Waals surface area (Å²) in [6, 6.07) is 7.54. The molecule has 0 fully saturated rings. The van der Waals surface area contributed by atoms with Crippen molar-refractivity contribution in [3.05, 3.63) is 46.5 Å². The number of hydrogen-bond donors (Lipinski definition) is 2. The number of carbonyl (C=O) groups excluding carboxylic acids is 1. The van der Waals surface area contributed by atoms with E-state index in [-0.39, 0.29) is 5.91 Å². The second-order valence-electron chi connectivity index (χ2n) is 6.98. The molecule has 0 saturated heterocycles. The summed E-state index contributed by atoms with van der Waals surface area (Å²) in [5.41, 5.74) is 9.12. The molecule has 1 aromatic heterocycles. The molecule has 2 N–H and O–H groups in total. The highest BCUT2D eigenvalue weighted by Crippen LogP contribution is 2.36. The van der Waals surface area contributed by atoms with Gasteiger partial charge < -0.3 is 10.1 Å². The maximum atomic E-state index is 13.0. The molecular weight excluding hydrogens is 384 g/mol. The number of aryl methyl sites for hydroxylation is 3. The third-order valence-electron chi connectivity index (χ3n) is 4.87. The number of fused-ring (bicyclic) bond motifs is 1. The lowest BCUT2D eigenvalue weighted by Gasteiger charge is -2.15. The summed E-state index contributed by atoms with van der Waals surface area (Å²) in [6.07, 6.45) is 0.884. The molecule has 0 bridgehead atoms. The summed E-state index contributed by atoms with van der Waals surface area (Å²) >= 11 is 1.53. The lowest BCUT2D eigenvalue weighted by Crippen LogP contribution is -2.15. The number of ether oxygens (including phenoxy) is 1. The van der Waals surface area contributed by atoms with Gasteiger partial charge in [0.15, 0.2) is 0 Å². The third-order valence-corrected chi connectivity index (χ3v) is 5.97. The van der Waals surface area contributed by atoms with Crippen LogP contribution in [0.15, 0.2) is 29.4 Å². The zero-order chi connectivity index (χ0) is 21.1. The average Bonchev–Trinajstić information content (AvgIpc) is 3.11. The number of anilines is 2. The summed E-state index contributed by atoms with van der Waals surface area (Å²) in [6.45, 7) is 9.93. The van der Waals surface area contributed by atoms with Gasteiger partial charge in [-0.3, -0.25) is 10.2 Å². The molecule has 7 heteroatoms. The Kier molecular flexibility index (Phi) is 6.17. The van der Waals surface area contributed by atoms with Gasteiger partial charge in [0, 0.05) is 11.4 Å². The molecule has 0 aliphatic rings. The second kappa shape index (κ2) is 8.61. The highest BCUT2D eigenvalue weighted by atomic mass is 32.1. The molecule has 0 spiro atoms. The highest BCUT2D eigenvalue weighted by Gasteiger charge is 2.18. The van der Waals surface area contributed by atoms with Gasteiger partial charge in [-0.15, -0.1) is 0 Å². The number of hydrogen-bond acceptors (Lipinski definition) is 6. The number of benzene rings is 2. The number of aromatic nitrogens is 1. The van der Waals surface area contributed by atoms with Crippen molar-refractivity contribution in [2.75, 3.05) is 17.9 Å². The molecule has 152 valence electrons. The number of nitrogens with one attached hydrogen (secondary N) is 2. The van der Waals surface area contributed by atoms with Crippen molar-refractivity contribution in [3.8, 4) is 5.75 Å². The maximum Gasteiger partial charge on any atom is 0.259 e. The first-order valence-electron chi connectivity index (χ1n) is 9.50. The number of para-hydroxylation sites is 1. The average molecular weight is 411 g/mol. The summed E-state index contributed by atoms with van der Waals surface area (Å²) in [5, 5.41) is 8.13. The van der Waals surface area contributed by atoms with E-state index in [0.29, 0.717) is 11.3 Å². The van der Waals surface area contributed by atoms with E-state index in [1.54, 1.807) is 13.2 Å². The Balaban J connectivity index is 1.96. The summed E-state index contributed by atoms with van der Waals surface area (Å²) in [4.78, 5) is 17.6.